The summed E-state index contributed by atoms with van der Waals surface area (Å²) in [5.41, 5.74) is 3.07. The van der Waals surface area contributed by atoms with Crippen molar-refractivity contribution >= 4 is 37.4 Å². The zero-order valence-corrected chi connectivity index (χ0v) is 17.7. The molecule has 3 rings (SSSR count). The Morgan fingerprint density at radius 2 is 1.63 bits per heavy atom. The Morgan fingerprint density at radius 1 is 1.00 bits per heavy atom. The van der Waals surface area contributed by atoms with Gasteiger partial charge in [-0.1, -0.05) is 46.3 Å². The van der Waals surface area contributed by atoms with E-state index in [-0.39, 0.29) is 11.7 Å². The molecule has 0 aromatic heterocycles. The summed E-state index contributed by atoms with van der Waals surface area (Å²) in [7, 11) is -3.49. The van der Waals surface area contributed by atoms with E-state index in [0.717, 1.165) is 4.47 Å². The van der Waals surface area contributed by atoms with Gasteiger partial charge in [0.1, 0.15) is 5.75 Å². The predicted octanol–water partition coefficient (Wildman–Crippen LogP) is 3.02. The van der Waals surface area contributed by atoms with E-state index in [1.54, 1.807) is 29.2 Å². The first kappa shape index (κ1) is 19.9. The molecule has 1 aliphatic heterocycles. The number of benzene rings is 2. The Morgan fingerprint density at radius 3 is 2.26 bits per heavy atom. The highest BCUT2D eigenvalue weighted by Gasteiger charge is 2.26. The summed E-state index contributed by atoms with van der Waals surface area (Å²) in [6, 6.07) is 15.3. The highest BCUT2D eigenvalue weighted by Crippen LogP contribution is 2.21. The zero-order chi connectivity index (χ0) is 19.4. The van der Waals surface area contributed by atoms with Crippen LogP contribution in [-0.2, 0) is 20.4 Å². The Balaban J connectivity index is 1.56. The van der Waals surface area contributed by atoms with E-state index in [1.807, 2.05) is 12.1 Å². The lowest BCUT2D eigenvalue weighted by Crippen LogP contribution is -2.50. The molecule has 2 aromatic carbocycles. The molecule has 1 heterocycles. The summed E-state index contributed by atoms with van der Waals surface area (Å²) in [5.74, 6) is -0.862. The molecule has 0 saturated carbocycles. The normalized spacial score (nSPS) is 15.0. The monoisotopic (exact) mass is 450 g/mol. The number of nitrogens with zero attached hydrogens (tertiary/aromatic N) is 2. The first-order valence-corrected chi connectivity index (χ1v) is 11.5. The van der Waals surface area contributed by atoms with Crippen molar-refractivity contribution in [2.75, 3.05) is 36.8 Å². The fraction of sp³-hybridized carbons (Fsp3) is 0.350. The minimum atomic E-state index is -3.49. The molecular formula is C20H23BrN2O3S. The standard InChI is InChI=1S/C20H23BrN2O3S/c1-16-4-2-3-5-19(16)22-10-12-23(13-11-22)20(24)15-27(25,26)14-17-6-8-18(21)9-7-17/h2-9H,10-15H2,1H3. The van der Waals surface area contributed by atoms with Crippen molar-refractivity contribution < 1.29 is 13.2 Å². The first-order chi connectivity index (χ1) is 12.8. The van der Waals surface area contributed by atoms with Crippen LogP contribution in [0.5, 0.6) is 0 Å². The van der Waals surface area contributed by atoms with E-state index in [2.05, 4.69) is 39.9 Å². The molecule has 7 heteroatoms. The summed E-state index contributed by atoms with van der Waals surface area (Å²) in [6.07, 6.45) is 0. The molecule has 1 saturated heterocycles. The number of amides is 1. The van der Waals surface area contributed by atoms with Crippen LogP contribution in [0.3, 0.4) is 0 Å². The van der Waals surface area contributed by atoms with E-state index in [4.69, 9.17) is 0 Å². The van der Waals surface area contributed by atoms with Gasteiger partial charge in [-0.15, -0.1) is 0 Å². The van der Waals surface area contributed by atoms with E-state index in [9.17, 15) is 13.2 Å². The minimum absolute atomic E-state index is 0.116. The van der Waals surface area contributed by atoms with Crippen LogP contribution in [-0.4, -0.2) is 51.2 Å². The van der Waals surface area contributed by atoms with E-state index in [0.29, 0.717) is 31.7 Å². The molecular weight excluding hydrogens is 428 g/mol. The topological polar surface area (TPSA) is 57.7 Å². The van der Waals surface area contributed by atoms with E-state index in [1.165, 1.54) is 11.3 Å². The van der Waals surface area contributed by atoms with Crippen molar-refractivity contribution in [3.63, 3.8) is 0 Å². The molecule has 0 bridgehead atoms. The van der Waals surface area contributed by atoms with Gasteiger partial charge in [-0.2, -0.15) is 0 Å². The number of anilines is 1. The molecule has 0 unspecified atom stereocenters. The second-order valence-corrected chi connectivity index (χ2v) is 9.79. The Labute approximate surface area is 169 Å². The summed E-state index contributed by atoms with van der Waals surface area (Å²) < 4.78 is 25.7. The van der Waals surface area contributed by atoms with Crippen molar-refractivity contribution in [3.05, 3.63) is 64.1 Å². The summed E-state index contributed by atoms with van der Waals surface area (Å²) in [6.45, 7) is 4.58. The van der Waals surface area contributed by atoms with E-state index < -0.39 is 15.6 Å². The van der Waals surface area contributed by atoms with Gasteiger partial charge in [0.15, 0.2) is 9.84 Å². The van der Waals surface area contributed by atoms with Gasteiger partial charge in [-0.25, -0.2) is 8.42 Å². The lowest BCUT2D eigenvalue weighted by molar-refractivity contribution is -0.128. The Bertz CT molecular complexity index is 905. The number of hydrogen-bond donors (Lipinski definition) is 0. The van der Waals surface area contributed by atoms with Crippen LogP contribution in [0.2, 0.25) is 0 Å². The lowest BCUT2D eigenvalue weighted by atomic mass is 10.1. The number of carbonyl (C=O) groups excluding carboxylic acids is 1. The molecule has 0 atom stereocenters. The van der Waals surface area contributed by atoms with Crippen molar-refractivity contribution in [2.45, 2.75) is 12.7 Å². The molecule has 1 amide bonds. The van der Waals surface area contributed by atoms with Crippen LogP contribution >= 0.6 is 15.9 Å². The van der Waals surface area contributed by atoms with Crippen LogP contribution in [0.4, 0.5) is 5.69 Å². The van der Waals surface area contributed by atoms with Crippen molar-refractivity contribution in [1.82, 2.24) is 4.90 Å². The smallest absolute Gasteiger partial charge is 0.237 e. The van der Waals surface area contributed by atoms with Crippen LogP contribution in [0.25, 0.3) is 0 Å². The third-order valence-electron chi connectivity index (χ3n) is 4.73. The molecule has 2 aromatic rings. The molecule has 0 N–H and O–H groups in total. The van der Waals surface area contributed by atoms with Crippen LogP contribution in [0.15, 0.2) is 53.0 Å². The fourth-order valence-corrected chi connectivity index (χ4v) is 4.91. The predicted molar refractivity (Wildman–Crippen MR) is 112 cm³/mol. The number of sulfone groups is 1. The molecule has 0 radical (unpaired) electrons. The number of halogens is 1. The van der Waals surface area contributed by atoms with Gasteiger partial charge in [-0.05, 0) is 36.2 Å². The largest absolute Gasteiger partial charge is 0.368 e. The molecule has 27 heavy (non-hydrogen) atoms. The average Bonchev–Trinajstić information content (AvgIpc) is 2.63. The molecule has 1 fully saturated rings. The summed E-state index contributed by atoms with van der Waals surface area (Å²) >= 11 is 3.33. The maximum Gasteiger partial charge on any atom is 0.237 e. The zero-order valence-electron chi connectivity index (χ0n) is 15.3. The van der Waals surface area contributed by atoms with Gasteiger partial charge in [0, 0.05) is 36.3 Å². The fourth-order valence-electron chi connectivity index (χ4n) is 3.28. The quantitative estimate of drug-likeness (QED) is 0.702. The van der Waals surface area contributed by atoms with Crippen molar-refractivity contribution in [1.29, 1.82) is 0 Å². The molecule has 144 valence electrons. The van der Waals surface area contributed by atoms with Gasteiger partial charge in [0.2, 0.25) is 5.91 Å². The van der Waals surface area contributed by atoms with Gasteiger partial charge >= 0.3 is 0 Å². The molecule has 5 nitrogen and oxygen atoms in total. The maximum absolute atomic E-state index is 12.5. The number of rotatable bonds is 5. The van der Waals surface area contributed by atoms with E-state index >= 15 is 0 Å². The highest BCUT2D eigenvalue weighted by atomic mass is 79.9. The molecule has 0 aliphatic carbocycles. The van der Waals surface area contributed by atoms with Crippen molar-refractivity contribution in [3.8, 4) is 0 Å². The number of hydrogen-bond acceptors (Lipinski definition) is 4. The maximum atomic E-state index is 12.5. The average molecular weight is 451 g/mol. The number of para-hydroxylation sites is 1. The lowest BCUT2D eigenvalue weighted by Gasteiger charge is -2.36. The Hall–Kier alpha value is -1.86. The molecule has 1 aliphatic rings. The van der Waals surface area contributed by atoms with Gasteiger partial charge < -0.3 is 9.80 Å². The molecule has 0 spiro atoms. The van der Waals surface area contributed by atoms with Crippen LogP contribution < -0.4 is 4.90 Å². The second-order valence-electron chi connectivity index (χ2n) is 6.81. The van der Waals surface area contributed by atoms with Gasteiger partial charge in [-0.3, -0.25) is 4.79 Å². The van der Waals surface area contributed by atoms with Crippen LogP contribution in [0.1, 0.15) is 11.1 Å². The van der Waals surface area contributed by atoms with Crippen molar-refractivity contribution in [2.24, 2.45) is 0 Å². The number of carbonyl (C=O) groups is 1. The second kappa shape index (κ2) is 8.44. The third kappa shape index (κ3) is 5.32. The SMILES string of the molecule is Cc1ccccc1N1CCN(C(=O)CS(=O)(=O)Cc2ccc(Br)cc2)CC1. The number of piperazine rings is 1. The minimum Gasteiger partial charge on any atom is -0.368 e. The first-order valence-electron chi connectivity index (χ1n) is 8.87. The highest BCUT2D eigenvalue weighted by molar-refractivity contribution is 9.10. The van der Waals surface area contributed by atoms with Gasteiger partial charge in [0.25, 0.3) is 0 Å². The summed E-state index contributed by atoms with van der Waals surface area (Å²) in [5, 5.41) is 0. The van der Waals surface area contributed by atoms with Gasteiger partial charge in [0.05, 0.1) is 5.75 Å². The Kier molecular flexibility index (Phi) is 6.22. The third-order valence-corrected chi connectivity index (χ3v) is 6.72. The van der Waals surface area contributed by atoms with Crippen LogP contribution in [0, 0.1) is 6.92 Å². The number of aryl methyl sites for hydroxylation is 1. The summed E-state index contributed by atoms with van der Waals surface area (Å²) in [4.78, 5) is 16.4.